The largest absolute Gasteiger partial charge is 1.00 e. The van der Waals surface area contributed by atoms with Crippen molar-refractivity contribution in [3.05, 3.63) is 76.9 Å². The summed E-state index contributed by atoms with van der Waals surface area (Å²) in [6.07, 6.45) is 2.99. The maximum absolute atomic E-state index is 12.3. The number of carboxylic acids is 1. The van der Waals surface area contributed by atoms with Crippen molar-refractivity contribution in [2.45, 2.75) is 12.5 Å². The van der Waals surface area contributed by atoms with Crippen LogP contribution in [0.15, 0.2) is 54.6 Å². The summed E-state index contributed by atoms with van der Waals surface area (Å²) in [5.74, 6) is -5.18. The number of aliphatic carboxylic acids is 1. The van der Waals surface area contributed by atoms with Crippen molar-refractivity contribution in [1.82, 2.24) is 0 Å². The van der Waals surface area contributed by atoms with Gasteiger partial charge in [-0.15, -0.1) is 0 Å². The Bertz CT molecular complexity index is 1360. The molecule has 0 bridgehead atoms. The molecule has 6 N–H and O–H groups in total. The Kier molecular flexibility index (Phi) is 10.0. The Morgan fingerprint density at radius 3 is 2.03 bits per heavy atom. The van der Waals surface area contributed by atoms with Crippen molar-refractivity contribution in [2.75, 3.05) is 0 Å². The number of ether oxygens (including phenoxy) is 1. The van der Waals surface area contributed by atoms with Gasteiger partial charge < -0.3 is 45.3 Å². The zero-order valence-corrected chi connectivity index (χ0v) is 21.5. The van der Waals surface area contributed by atoms with Gasteiger partial charge in [0.25, 0.3) is 0 Å². The number of rotatable bonds is 8. The first-order valence-electron chi connectivity index (χ1n) is 10.4. The third kappa shape index (κ3) is 7.68. The quantitative estimate of drug-likeness (QED) is 0.0713. The van der Waals surface area contributed by atoms with Crippen LogP contribution < -0.4 is 34.7 Å². The Balaban J connectivity index is 0.00000481. The van der Waals surface area contributed by atoms with Crippen LogP contribution >= 0.6 is 0 Å². The molecular weight excluding hydrogens is 495 g/mol. The molecule has 3 aromatic carbocycles. The molecule has 0 radical (unpaired) electrons. The maximum Gasteiger partial charge on any atom is 1.00 e. The van der Waals surface area contributed by atoms with Gasteiger partial charge >= 0.3 is 35.5 Å². The van der Waals surface area contributed by atoms with Crippen molar-refractivity contribution in [2.24, 2.45) is 0 Å². The Labute approximate surface area is 232 Å². The van der Waals surface area contributed by atoms with Crippen molar-refractivity contribution < 1.29 is 79.6 Å². The van der Waals surface area contributed by atoms with E-state index in [1.54, 1.807) is 0 Å². The van der Waals surface area contributed by atoms with Gasteiger partial charge in [-0.3, -0.25) is 0 Å². The molecule has 3 aromatic rings. The topological polar surface area (TPSA) is 188 Å². The molecule has 11 heteroatoms. The van der Waals surface area contributed by atoms with Gasteiger partial charge in [-0.1, -0.05) is 24.3 Å². The van der Waals surface area contributed by atoms with E-state index in [1.807, 2.05) is 0 Å². The number of carbonyl (C=O) groups excluding carboxylic acids is 2. The zero-order chi connectivity index (χ0) is 26.4. The van der Waals surface area contributed by atoms with Gasteiger partial charge in [0.1, 0.15) is 6.10 Å². The second-order valence-corrected chi connectivity index (χ2v) is 7.62. The molecule has 0 amide bonds. The third-order valence-corrected chi connectivity index (χ3v) is 5.05. The average Bonchev–Trinajstić information content (AvgIpc) is 2.83. The smallest absolute Gasteiger partial charge is 0.546 e. The molecule has 3 rings (SSSR count). The van der Waals surface area contributed by atoms with E-state index in [1.165, 1.54) is 54.6 Å². The van der Waals surface area contributed by atoms with Crippen LogP contribution in [0.3, 0.4) is 0 Å². The number of benzene rings is 3. The molecule has 37 heavy (non-hydrogen) atoms. The van der Waals surface area contributed by atoms with Crippen LogP contribution in [0.2, 0.25) is 0 Å². The third-order valence-electron chi connectivity index (χ3n) is 5.05. The standard InChI is InChI=1S/C26H22O10.Na/c27-18-7-2-14(11-21(18)30)1-6-17-16(4-9-20(29)25(17)33)5-10-24(32)36-23(26(34)35)13-15-3-8-19(28)22(31)12-15;/h1-12,23,27-31,33H,13H2,(H,34,35);/q;+1/p-1/b6-1+,10-5-;/t23-;/m0./s1. The SMILES string of the molecule is O=C(/C=C\c1ccc(O)c(O)c1/C=C/c1ccc(O)c(O)c1)O[C@@H](Cc1ccc(O)c(O)c1)C(=O)[O-].[Na+]. The molecule has 0 aromatic heterocycles. The van der Waals surface area contributed by atoms with E-state index in [4.69, 9.17) is 4.74 Å². The first-order valence-corrected chi connectivity index (χ1v) is 10.4. The minimum Gasteiger partial charge on any atom is -0.546 e. The summed E-state index contributed by atoms with van der Waals surface area (Å²) in [7, 11) is 0. The van der Waals surface area contributed by atoms with E-state index < -0.39 is 41.0 Å². The molecule has 0 saturated heterocycles. The summed E-state index contributed by atoms with van der Waals surface area (Å²) < 4.78 is 4.94. The first kappa shape index (κ1) is 29.1. The molecule has 0 unspecified atom stereocenters. The van der Waals surface area contributed by atoms with E-state index in [9.17, 15) is 45.3 Å². The Morgan fingerprint density at radius 2 is 1.41 bits per heavy atom. The molecule has 0 heterocycles. The molecule has 0 aliphatic rings. The number of hydrogen-bond donors (Lipinski definition) is 6. The first-order chi connectivity index (χ1) is 17.0. The van der Waals surface area contributed by atoms with Gasteiger partial charge in [-0.05, 0) is 59.2 Å². The molecule has 186 valence electrons. The summed E-state index contributed by atoms with van der Waals surface area (Å²) in [6, 6.07) is 10.2. The van der Waals surface area contributed by atoms with Gasteiger partial charge in [0.05, 0.1) is 5.97 Å². The van der Waals surface area contributed by atoms with Crippen LogP contribution in [0.4, 0.5) is 0 Å². The number of carbonyl (C=O) groups is 2. The van der Waals surface area contributed by atoms with Crippen LogP contribution in [0, 0.1) is 0 Å². The summed E-state index contributed by atoms with van der Waals surface area (Å²) in [4.78, 5) is 23.7. The second-order valence-electron chi connectivity index (χ2n) is 7.62. The summed E-state index contributed by atoms with van der Waals surface area (Å²) in [5.41, 5.74) is 1.09. The van der Waals surface area contributed by atoms with E-state index in [2.05, 4.69) is 0 Å². The number of esters is 1. The van der Waals surface area contributed by atoms with Crippen LogP contribution in [0.5, 0.6) is 34.5 Å². The fourth-order valence-corrected chi connectivity index (χ4v) is 3.18. The molecule has 0 fully saturated rings. The van der Waals surface area contributed by atoms with E-state index in [0.29, 0.717) is 5.56 Å². The predicted octanol–water partition coefficient (Wildman–Crippen LogP) is -0.988. The van der Waals surface area contributed by atoms with Gasteiger partial charge in [0.2, 0.25) is 0 Å². The summed E-state index contributed by atoms with van der Waals surface area (Å²) in [6.45, 7) is 0. The molecule has 0 aliphatic heterocycles. The monoisotopic (exact) mass is 516 g/mol. The maximum atomic E-state index is 12.3. The van der Waals surface area contributed by atoms with Crippen LogP contribution in [-0.2, 0) is 20.7 Å². The Hall–Kier alpha value is -4.12. The number of hydrogen-bond acceptors (Lipinski definition) is 10. The van der Waals surface area contributed by atoms with Crippen LogP contribution in [-0.4, -0.2) is 48.7 Å². The summed E-state index contributed by atoms with van der Waals surface area (Å²) in [5, 5.41) is 69.5. The number of carboxylic acid groups (broad SMARTS) is 1. The van der Waals surface area contributed by atoms with Crippen molar-refractivity contribution in [3.8, 4) is 34.5 Å². The van der Waals surface area contributed by atoms with Crippen molar-refractivity contribution in [1.29, 1.82) is 0 Å². The minimum atomic E-state index is -1.69. The average molecular weight is 516 g/mol. The molecular formula is C26H21NaO10. The molecule has 0 aliphatic carbocycles. The number of phenols is 6. The van der Waals surface area contributed by atoms with Crippen molar-refractivity contribution in [3.63, 3.8) is 0 Å². The van der Waals surface area contributed by atoms with Gasteiger partial charge in [0, 0.05) is 18.1 Å². The van der Waals surface area contributed by atoms with Crippen LogP contribution in [0.25, 0.3) is 18.2 Å². The van der Waals surface area contributed by atoms with E-state index in [0.717, 1.165) is 18.2 Å². The fraction of sp³-hybridized carbons (Fsp3) is 0.0769. The van der Waals surface area contributed by atoms with Crippen molar-refractivity contribution >= 4 is 30.2 Å². The molecule has 10 nitrogen and oxygen atoms in total. The molecule has 1 atom stereocenters. The van der Waals surface area contributed by atoms with E-state index in [-0.39, 0.29) is 64.2 Å². The van der Waals surface area contributed by atoms with Crippen LogP contribution in [0.1, 0.15) is 22.3 Å². The minimum absolute atomic E-state index is 0. The Morgan fingerprint density at radius 1 is 0.784 bits per heavy atom. The van der Waals surface area contributed by atoms with Gasteiger partial charge in [-0.25, -0.2) is 4.79 Å². The summed E-state index contributed by atoms with van der Waals surface area (Å²) >= 11 is 0. The van der Waals surface area contributed by atoms with Gasteiger partial charge in [0.15, 0.2) is 34.5 Å². The molecule has 0 spiro atoms. The fourth-order valence-electron chi connectivity index (χ4n) is 3.18. The predicted molar refractivity (Wildman–Crippen MR) is 126 cm³/mol. The number of aromatic hydroxyl groups is 6. The number of phenolic OH excluding ortho intramolecular Hbond substituents is 6. The van der Waals surface area contributed by atoms with E-state index >= 15 is 0 Å². The van der Waals surface area contributed by atoms with Gasteiger partial charge in [-0.2, -0.15) is 0 Å². The molecule has 0 saturated carbocycles. The zero-order valence-electron chi connectivity index (χ0n) is 19.5. The second kappa shape index (κ2) is 12.7. The normalized spacial score (nSPS) is 11.8.